The van der Waals surface area contributed by atoms with Crippen molar-refractivity contribution >= 4 is 23.5 Å². The number of guanidine groups is 1. The number of ether oxygens (including phenoxy) is 2. The van der Waals surface area contributed by atoms with Crippen LogP contribution in [-0.2, 0) is 24.9 Å². The van der Waals surface area contributed by atoms with Gasteiger partial charge in [-0.15, -0.1) is 0 Å². The van der Waals surface area contributed by atoms with Crippen LogP contribution in [0.2, 0.25) is 5.02 Å². The number of aromatic nitrogens is 1. The van der Waals surface area contributed by atoms with Crippen LogP contribution in [0, 0.1) is 0 Å². The van der Waals surface area contributed by atoms with E-state index in [9.17, 15) is 4.79 Å². The zero-order valence-corrected chi connectivity index (χ0v) is 17.0. The van der Waals surface area contributed by atoms with Crippen molar-refractivity contribution in [2.24, 2.45) is 12.0 Å². The van der Waals surface area contributed by atoms with Gasteiger partial charge in [-0.1, -0.05) is 17.7 Å². The van der Waals surface area contributed by atoms with Gasteiger partial charge in [0, 0.05) is 39.6 Å². The van der Waals surface area contributed by atoms with E-state index in [0.29, 0.717) is 29.4 Å². The zero-order chi connectivity index (χ0) is 20.0. The van der Waals surface area contributed by atoms with E-state index in [1.165, 1.54) is 14.2 Å². The molecule has 1 N–H and O–H groups in total. The molecular weight excluding hydrogens is 368 g/mol. The number of aliphatic imine (C=N–C) groups is 1. The highest BCUT2D eigenvalue weighted by Crippen LogP contribution is 2.21. The van der Waals surface area contributed by atoms with Gasteiger partial charge >= 0.3 is 5.97 Å². The first kappa shape index (κ1) is 20.6. The van der Waals surface area contributed by atoms with Crippen LogP contribution in [0.3, 0.4) is 0 Å². The summed E-state index contributed by atoms with van der Waals surface area (Å²) >= 11 is 6.05. The van der Waals surface area contributed by atoms with Gasteiger partial charge in [-0.05, 0) is 23.8 Å². The predicted octanol–water partition coefficient (Wildman–Crippen LogP) is 2.68. The molecular formula is C19H25ClN4O3. The number of aryl methyl sites for hydroxylation is 1. The summed E-state index contributed by atoms with van der Waals surface area (Å²) in [4.78, 5) is 18.2. The van der Waals surface area contributed by atoms with Crippen molar-refractivity contribution in [3.05, 3.63) is 52.3 Å². The first-order valence-electron chi connectivity index (χ1n) is 8.37. The van der Waals surface area contributed by atoms with Gasteiger partial charge in [0.2, 0.25) is 0 Å². The molecule has 0 aliphatic carbocycles. The Balaban J connectivity index is 2.07. The molecule has 0 saturated carbocycles. The number of nitrogens with one attached hydrogen (secondary N) is 1. The lowest BCUT2D eigenvalue weighted by atomic mass is 10.1. The SMILES string of the molecule is CN=C(NCc1ccc(OC)c(C(=O)OC)c1)N(C)Cc1cc(Cl)cn1C. The molecule has 0 amide bonds. The molecule has 8 heteroatoms. The van der Waals surface area contributed by atoms with E-state index in [4.69, 9.17) is 21.1 Å². The maximum Gasteiger partial charge on any atom is 0.341 e. The normalized spacial score (nSPS) is 11.3. The van der Waals surface area contributed by atoms with Crippen LogP contribution in [0.5, 0.6) is 5.75 Å². The summed E-state index contributed by atoms with van der Waals surface area (Å²) in [5.74, 6) is 0.770. The second-order valence-corrected chi connectivity index (χ2v) is 6.48. The van der Waals surface area contributed by atoms with Crippen molar-refractivity contribution < 1.29 is 14.3 Å². The van der Waals surface area contributed by atoms with E-state index >= 15 is 0 Å². The Morgan fingerprint density at radius 3 is 2.63 bits per heavy atom. The molecule has 0 fully saturated rings. The number of halogens is 1. The molecule has 0 radical (unpaired) electrons. The third kappa shape index (κ3) is 5.17. The van der Waals surface area contributed by atoms with Crippen LogP contribution >= 0.6 is 11.6 Å². The van der Waals surface area contributed by atoms with E-state index in [1.54, 1.807) is 19.2 Å². The van der Waals surface area contributed by atoms with Gasteiger partial charge in [0.15, 0.2) is 5.96 Å². The van der Waals surface area contributed by atoms with Crippen LogP contribution in [0.25, 0.3) is 0 Å². The van der Waals surface area contributed by atoms with Crippen molar-refractivity contribution in [1.29, 1.82) is 0 Å². The minimum absolute atomic E-state index is 0.390. The fraction of sp³-hybridized carbons (Fsp3) is 0.368. The van der Waals surface area contributed by atoms with Crippen molar-refractivity contribution in [2.75, 3.05) is 28.3 Å². The van der Waals surface area contributed by atoms with E-state index < -0.39 is 5.97 Å². The van der Waals surface area contributed by atoms with E-state index in [2.05, 4.69) is 10.3 Å². The number of rotatable bonds is 6. The fourth-order valence-corrected chi connectivity index (χ4v) is 3.01. The summed E-state index contributed by atoms with van der Waals surface area (Å²) in [6, 6.07) is 7.32. The van der Waals surface area contributed by atoms with Gasteiger partial charge in [0.1, 0.15) is 11.3 Å². The predicted molar refractivity (Wildman–Crippen MR) is 106 cm³/mol. The highest BCUT2D eigenvalue weighted by Gasteiger charge is 2.14. The lowest BCUT2D eigenvalue weighted by molar-refractivity contribution is 0.0597. The Bertz CT molecular complexity index is 832. The van der Waals surface area contributed by atoms with E-state index in [-0.39, 0.29) is 0 Å². The molecule has 0 aliphatic heterocycles. The largest absolute Gasteiger partial charge is 0.496 e. The number of benzene rings is 1. The second-order valence-electron chi connectivity index (χ2n) is 6.04. The third-order valence-electron chi connectivity index (χ3n) is 4.17. The molecule has 2 rings (SSSR count). The summed E-state index contributed by atoms with van der Waals surface area (Å²) in [5.41, 5.74) is 2.37. The molecule has 1 heterocycles. The first-order chi connectivity index (χ1) is 12.9. The Kier molecular flexibility index (Phi) is 7.12. The first-order valence-corrected chi connectivity index (χ1v) is 8.75. The van der Waals surface area contributed by atoms with Crippen LogP contribution in [-0.4, -0.2) is 49.7 Å². The van der Waals surface area contributed by atoms with Crippen LogP contribution in [0.4, 0.5) is 0 Å². The molecule has 146 valence electrons. The minimum atomic E-state index is -0.434. The van der Waals surface area contributed by atoms with E-state index in [1.807, 2.05) is 41.9 Å². The van der Waals surface area contributed by atoms with Gasteiger partial charge in [-0.3, -0.25) is 4.99 Å². The maximum absolute atomic E-state index is 11.9. The maximum atomic E-state index is 11.9. The zero-order valence-electron chi connectivity index (χ0n) is 16.2. The van der Waals surface area contributed by atoms with Gasteiger partial charge in [0.25, 0.3) is 0 Å². The second kappa shape index (κ2) is 9.32. The highest BCUT2D eigenvalue weighted by atomic mass is 35.5. The van der Waals surface area contributed by atoms with Crippen molar-refractivity contribution in [3.8, 4) is 5.75 Å². The quantitative estimate of drug-likeness (QED) is 0.465. The van der Waals surface area contributed by atoms with Gasteiger partial charge in [-0.25, -0.2) is 4.79 Å². The Morgan fingerprint density at radius 1 is 1.33 bits per heavy atom. The molecule has 0 saturated heterocycles. The number of carbonyl (C=O) groups excluding carboxylic acids is 1. The van der Waals surface area contributed by atoms with Gasteiger partial charge in [0.05, 0.1) is 25.8 Å². The average Bonchev–Trinajstić information content (AvgIpc) is 2.98. The molecule has 1 aromatic heterocycles. The molecule has 0 spiro atoms. The molecule has 0 atom stereocenters. The average molecular weight is 393 g/mol. The van der Waals surface area contributed by atoms with Crippen molar-refractivity contribution in [3.63, 3.8) is 0 Å². The highest BCUT2D eigenvalue weighted by molar-refractivity contribution is 6.30. The summed E-state index contributed by atoms with van der Waals surface area (Å²) in [5, 5.41) is 4.00. The third-order valence-corrected chi connectivity index (χ3v) is 4.37. The summed E-state index contributed by atoms with van der Waals surface area (Å²) in [7, 11) is 8.50. The number of carbonyl (C=O) groups is 1. The van der Waals surface area contributed by atoms with E-state index in [0.717, 1.165) is 17.2 Å². The number of esters is 1. The van der Waals surface area contributed by atoms with Crippen molar-refractivity contribution in [2.45, 2.75) is 13.1 Å². The Morgan fingerprint density at radius 2 is 2.07 bits per heavy atom. The topological polar surface area (TPSA) is 68.1 Å². The molecule has 7 nitrogen and oxygen atoms in total. The standard InChI is InChI=1S/C19H25ClN4O3/c1-21-19(24(3)12-15-9-14(20)11-23(15)2)22-10-13-6-7-17(26-4)16(8-13)18(25)27-5/h6-9,11H,10,12H2,1-5H3,(H,21,22). The summed E-state index contributed by atoms with van der Waals surface area (Å²) in [6.07, 6.45) is 1.87. The lowest BCUT2D eigenvalue weighted by Gasteiger charge is -2.22. The monoisotopic (exact) mass is 392 g/mol. The number of hydrogen-bond donors (Lipinski definition) is 1. The number of hydrogen-bond acceptors (Lipinski definition) is 4. The van der Waals surface area contributed by atoms with Crippen molar-refractivity contribution in [1.82, 2.24) is 14.8 Å². The van der Waals surface area contributed by atoms with Crippen LogP contribution < -0.4 is 10.1 Å². The van der Waals surface area contributed by atoms with Crippen LogP contribution in [0.1, 0.15) is 21.6 Å². The Labute approximate surface area is 164 Å². The molecule has 27 heavy (non-hydrogen) atoms. The molecule has 0 bridgehead atoms. The fourth-order valence-electron chi connectivity index (χ4n) is 2.74. The Hall–Kier alpha value is -2.67. The van der Waals surface area contributed by atoms with Crippen LogP contribution in [0.15, 0.2) is 35.5 Å². The van der Waals surface area contributed by atoms with Gasteiger partial charge in [-0.2, -0.15) is 0 Å². The number of methoxy groups -OCH3 is 2. The van der Waals surface area contributed by atoms with Gasteiger partial charge < -0.3 is 24.3 Å². The number of nitrogens with zero attached hydrogens (tertiary/aromatic N) is 3. The molecule has 2 aromatic rings. The summed E-state index contributed by atoms with van der Waals surface area (Å²) < 4.78 is 12.0. The lowest BCUT2D eigenvalue weighted by Crippen LogP contribution is -2.38. The molecule has 1 aromatic carbocycles. The summed E-state index contributed by atoms with van der Waals surface area (Å²) in [6.45, 7) is 1.15. The smallest absolute Gasteiger partial charge is 0.341 e. The molecule has 0 aliphatic rings. The molecule has 0 unspecified atom stereocenters. The minimum Gasteiger partial charge on any atom is -0.496 e.